The van der Waals surface area contributed by atoms with Crippen molar-refractivity contribution in [2.45, 2.75) is 19.6 Å². The summed E-state index contributed by atoms with van der Waals surface area (Å²) in [7, 11) is 0. The average Bonchev–Trinajstić information content (AvgIpc) is 3.15. The molecule has 9 heteroatoms. The number of amides is 1. The minimum absolute atomic E-state index is 0.0104. The monoisotopic (exact) mass is 458 g/mol. The van der Waals surface area contributed by atoms with Crippen molar-refractivity contribution in [1.82, 2.24) is 15.1 Å². The highest BCUT2D eigenvalue weighted by Gasteiger charge is 2.08. The van der Waals surface area contributed by atoms with E-state index in [1.807, 2.05) is 16.9 Å². The summed E-state index contributed by atoms with van der Waals surface area (Å²) in [5.74, 6) is 0.375. The Hall–Kier alpha value is -3.20. The van der Waals surface area contributed by atoms with Crippen molar-refractivity contribution in [1.29, 1.82) is 0 Å². The molecule has 0 unspecified atom stereocenters. The van der Waals surface area contributed by atoms with Crippen molar-refractivity contribution in [3.05, 3.63) is 86.6 Å². The Morgan fingerprint density at radius 1 is 1.24 bits per heavy atom. The maximum Gasteiger partial charge on any atom is 0.269 e. The molecular formula is C20H19BrN4O4. The van der Waals surface area contributed by atoms with Crippen LogP contribution in [-0.4, -0.2) is 27.2 Å². The number of nitro groups is 1. The number of aryl methyl sites for hydroxylation is 1. The van der Waals surface area contributed by atoms with Gasteiger partial charge in [0.05, 0.1) is 15.6 Å². The fourth-order valence-electron chi connectivity index (χ4n) is 2.64. The number of halogens is 1. The lowest BCUT2D eigenvalue weighted by Gasteiger charge is -2.09. The molecule has 1 aromatic heterocycles. The van der Waals surface area contributed by atoms with Crippen LogP contribution in [0.15, 0.2) is 65.4 Å². The minimum atomic E-state index is -0.458. The molecule has 0 saturated carbocycles. The van der Waals surface area contributed by atoms with Gasteiger partial charge < -0.3 is 10.1 Å². The first-order valence-electron chi connectivity index (χ1n) is 8.93. The summed E-state index contributed by atoms with van der Waals surface area (Å²) in [4.78, 5) is 22.6. The number of nitrogens with zero attached hydrogens (tertiary/aromatic N) is 3. The van der Waals surface area contributed by atoms with Crippen molar-refractivity contribution < 1.29 is 14.5 Å². The molecule has 0 aliphatic carbocycles. The lowest BCUT2D eigenvalue weighted by Crippen LogP contribution is -2.25. The molecule has 1 amide bonds. The summed E-state index contributed by atoms with van der Waals surface area (Å²) in [6.07, 6.45) is 4.38. The molecule has 0 saturated heterocycles. The zero-order chi connectivity index (χ0) is 20.6. The van der Waals surface area contributed by atoms with Gasteiger partial charge in [-0.1, -0.05) is 12.1 Å². The maximum atomic E-state index is 12.3. The van der Waals surface area contributed by atoms with Crippen LogP contribution in [0.5, 0.6) is 5.75 Å². The Labute approximate surface area is 175 Å². The molecule has 1 N–H and O–H groups in total. The second kappa shape index (κ2) is 9.83. The normalized spacial score (nSPS) is 10.5. The molecule has 0 spiro atoms. The molecule has 0 bridgehead atoms. The molecule has 3 aromatic rings. The summed E-state index contributed by atoms with van der Waals surface area (Å²) in [6.45, 7) is 1.52. The number of nitro benzene ring substituents is 1. The molecule has 0 fully saturated rings. The van der Waals surface area contributed by atoms with Gasteiger partial charge in [0.1, 0.15) is 12.4 Å². The maximum absolute atomic E-state index is 12.3. The van der Waals surface area contributed by atoms with Crippen LogP contribution in [0, 0.1) is 10.1 Å². The minimum Gasteiger partial charge on any atom is -0.489 e. The topological polar surface area (TPSA) is 99.3 Å². The van der Waals surface area contributed by atoms with Gasteiger partial charge >= 0.3 is 0 Å². The van der Waals surface area contributed by atoms with Crippen LogP contribution in [-0.2, 0) is 13.2 Å². The molecular weight excluding hydrogens is 440 g/mol. The fraction of sp³-hybridized carbons (Fsp3) is 0.200. The van der Waals surface area contributed by atoms with Crippen molar-refractivity contribution in [3.8, 4) is 5.75 Å². The Morgan fingerprint density at radius 3 is 2.72 bits per heavy atom. The van der Waals surface area contributed by atoms with Crippen molar-refractivity contribution in [2.24, 2.45) is 0 Å². The van der Waals surface area contributed by atoms with E-state index in [1.54, 1.807) is 36.5 Å². The molecule has 29 heavy (non-hydrogen) atoms. The van der Waals surface area contributed by atoms with Crippen LogP contribution in [0.25, 0.3) is 0 Å². The van der Waals surface area contributed by atoms with Gasteiger partial charge in [-0.15, -0.1) is 0 Å². The largest absolute Gasteiger partial charge is 0.489 e. The lowest BCUT2D eigenvalue weighted by molar-refractivity contribution is -0.384. The number of carbonyl (C=O) groups is 1. The third-order valence-corrected chi connectivity index (χ3v) is 4.50. The summed E-state index contributed by atoms with van der Waals surface area (Å²) >= 11 is 3.35. The highest BCUT2D eigenvalue weighted by Crippen LogP contribution is 2.18. The second-order valence-electron chi connectivity index (χ2n) is 6.27. The smallest absolute Gasteiger partial charge is 0.269 e. The number of non-ortho nitro benzene ring substituents is 1. The number of nitrogens with one attached hydrogen (secondary N) is 1. The Bertz CT molecular complexity index is 988. The van der Waals surface area contributed by atoms with Gasteiger partial charge in [0, 0.05) is 37.0 Å². The lowest BCUT2D eigenvalue weighted by atomic mass is 10.1. The van der Waals surface area contributed by atoms with E-state index < -0.39 is 4.92 Å². The van der Waals surface area contributed by atoms with Crippen LogP contribution >= 0.6 is 15.9 Å². The van der Waals surface area contributed by atoms with Gasteiger partial charge in [0.15, 0.2) is 0 Å². The number of rotatable bonds is 9. The SMILES string of the molecule is O=C(NCCCn1cc(Br)cn1)c1cccc(COc2ccc([N+](=O)[O-])cc2)c1. The zero-order valence-corrected chi connectivity index (χ0v) is 17.0. The van der Waals surface area contributed by atoms with Crippen LogP contribution in [0.1, 0.15) is 22.3 Å². The molecule has 8 nitrogen and oxygen atoms in total. The quantitative estimate of drug-likeness (QED) is 0.297. The summed E-state index contributed by atoms with van der Waals surface area (Å²) in [5.41, 5.74) is 1.39. The van der Waals surface area contributed by atoms with Crippen LogP contribution in [0.2, 0.25) is 0 Å². The number of aromatic nitrogens is 2. The first kappa shape index (κ1) is 20.5. The van der Waals surface area contributed by atoms with Gasteiger partial charge in [0.2, 0.25) is 0 Å². The molecule has 150 valence electrons. The van der Waals surface area contributed by atoms with E-state index in [2.05, 4.69) is 26.3 Å². The van der Waals surface area contributed by atoms with E-state index >= 15 is 0 Å². The Kier molecular flexibility index (Phi) is 6.96. The van der Waals surface area contributed by atoms with E-state index in [9.17, 15) is 14.9 Å². The number of hydrogen-bond donors (Lipinski definition) is 1. The van der Waals surface area contributed by atoms with Crippen LogP contribution < -0.4 is 10.1 Å². The zero-order valence-electron chi connectivity index (χ0n) is 15.5. The van der Waals surface area contributed by atoms with Gasteiger partial charge in [-0.05, 0) is 52.2 Å². The van der Waals surface area contributed by atoms with Gasteiger partial charge in [-0.2, -0.15) is 5.10 Å². The second-order valence-corrected chi connectivity index (χ2v) is 7.19. The molecule has 0 atom stereocenters. The molecule has 1 heterocycles. The highest BCUT2D eigenvalue weighted by atomic mass is 79.9. The van der Waals surface area contributed by atoms with E-state index in [1.165, 1.54) is 12.1 Å². The van der Waals surface area contributed by atoms with E-state index in [0.29, 0.717) is 17.9 Å². The summed E-state index contributed by atoms with van der Waals surface area (Å²) in [5, 5.41) is 17.7. The van der Waals surface area contributed by atoms with Gasteiger partial charge in [0.25, 0.3) is 11.6 Å². The third kappa shape index (κ3) is 6.15. The fourth-order valence-corrected chi connectivity index (χ4v) is 2.97. The first-order valence-corrected chi connectivity index (χ1v) is 9.73. The Morgan fingerprint density at radius 2 is 2.03 bits per heavy atom. The average molecular weight is 459 g/mol. The number of carbonyl (C=O) groups excluding carboxylic acids is 1. The summed E-state index contributed by atoms with van der Waals surface area (Å²) in [6, 6.07) is 13.0. The molecule has 0 radical (unpaired) electrons. The van der Waals surface area contributed by atoms with Crippen LogP contribution in [0.4, 0.5) is 5.69 Å². The highest BCUT2D eigenvalue weighted by molar-refractivity contribution is 9.10. The number of hydrogen-bond acceptors (Lipinski definition) is 5. The number of ether oxygens (including phenoxy) is 1. The first-order chi connectivity index (χ1) is 14.0. The van der Waals surface area contributed by atoms with E-state index in [-0.39, 0.29) is 18.2 Å². The summed E-state index contributed by atoms with van der Waals surface area (Å²) < 4.78 is 8.38. The molecule has 0 aliphatic heterocycles. The van der Waals surface area contributed by atoms with E-state index in [4.69, 9.17) is 4.74 Å². The molecule has 2 aromatic carbocycles. The van der Waals surface area contributed by atoms with E-state index in [0.717, 1.165) is 23.0 Å². The van der Waals surface area contributed by atoms with Crippen molar-refractivity contribution in [2.75, 3.05) is 6.54 Å². The predicted octanol–water partition coefficient (Wildman–Crippen LogP) is 3.95. The van der Waals surface area contributed by atoms with Crippen LogP contribution in [0.3, 0.4) is 0 Å². The molecule has 3 rings (SSSR count). The van der Waals surface area contributed by atoms with Gasteiger partial charge in [-0.3, -0.25) is 19.6 Å². The van der Waals surface area contributed by atoms with Gasteiger partial charge in [-0.25, -0.2) is 0 Å². The number of benzene rings is 2. The predicted molar refractivity (Wildman–Crippen MR) is 111 cm³/mol. The van der Waals surface area contributed by atoms with Crippen molar-refractivity contribution >= 4 is 27.5 Å². The third-order valence-electron chi connectivity index (χ3n) is 4.09. The Balaban J connectivity index is 1.47. The molecule has 0 aliphatic rings. The standard InChI is InChI=1S/C20H19BrN4O4/c21-17-12-23-24(13-17)10-2-9-22-20(26)16-4-1-3-15(11-16)14-29-19-7-5-18(6-8-19)25(27)28/h1,3-8,11-13H,2,9-10,14H2,(H,22,26). The van der Waals surface area contributed by atoms with Crippen molar-refractivity contribution in [3.63, 3.8) is 0 Å².